The highest BCUT2D eigenvalue weighted by Crippen LogP contribution is 2.44. The minimum Gasteiger partial charge on any atom is -0.504 e. The maximum absolute atomic E-state index is 12.7. The minimum atomic E-state index is -4.02. The molecule has 0 amide bonds. The number of phenols is 1. The zero-order chi connectivity index (χ0) is 22.7. The van der Waals surface area contributed by atoms with Crippen LogP contribution >= 0.6 is 11.6 Å². The number of Topliss-reactive ketones (excluding diaryl/α,β-unsaturated/α-hetero) is 1. The van der Waals surface area contributed by atoms with Crippen molar-refractivity contribution < 1.29 is 27.5 Å². The monoisotopic (exact) mass is 467 g/mol. The van der Waals surface area contributed by atoms with Crippen molar-refractivity contribution in [2.75, 3.05) is 19.4 Å². The van der Waals surface area contributed by atoms with Crippen molar-refractivity contribution in [3.63, 3.8) is 0 Å². The Kier molecular flexibility index (Phi) is 5.08. The first-order chi connectivity index (χ1) is 14.4. The van der Waals surface area contributed by atoms with Gasteiger partial charge in [0.05, 0.1) is 28.3 Å². The van der Waals surface area contributed by atoms with Crippen LogP contribution in [-0.2, 0) is 19.6 Å². The number of carbonyl (C=O) groups is 1. The summed E-state index contributed by atoms with van der Waals surface area (Å²) in [5, 5.41) is 16.6. The summed E-state index contributed by atoms with van der Waals surface area (Å²) in [5.41, 5.74) is -0.0250. The van der Waals surface area contributed by atoms with Gasteiger partial charge in [-0.05, 0) is 38.1 Å². The van der Waals surface area contributed by atoms with Crippen LogP contribution in [0.5, 0.6) is 5.75 Å². The fraction of sp³-hybridized carbons (Fsp3) is 0.350. The smallest absolute Gasteiger partial charge is 0.247 e. The van der Waals surface area contributed by atoms with Crippen LogP contribution in [-0.4, -0.2) is 49.4 Å². The van der Waals surface area contributed by atoms with Gasteiger partial charge in [-0.1, -0.05) is 11.6 Å². The molecule has 4 rings (SSSR count). The maximum atomic E-state index is 12.7. The third-order valence-corrected chi connectivity index (χ3v) is 7.66. The number of nitrogens with zero attached hydrogens (tertiary/aromatic N) is 1. The average molecular weight is 468 g/mol. The van der Waals surface area contributed by atoms with E-state index in [0.717, 1.165) is 4.31 Å². The number of fused-ring (bicyclic) bond motifs is 1. The molecule has 1 aliphatic carbocycles. The summed E-state index contributed by atoms with van der Waals surface area (Å²) in [6.45, 7) is 3.71. The number of benzene rings is 1. The topological polar surface area (TPSA) is 121 Å². The number of nitrogens with one attached hydrogen (secondary N) is 2. The van der Waals surface area contributed by atoms with Gasteiger partial charge in [0, 0.05) is 14.1 Å². The quantitative estimate of drug-likeness (QED) is 0.574. The Morgan fingerprint density at radius 1 is 1.26 bits per heavy atom. The molecule has 0 saturated carbocycles. The van der Waals surface area contributed by atoms with E-state index in [9.17, 15) is 18.3 Å². The Labute approximate surface area is 184 Å². The molecule has 11 heteroatoms. The number of hydrogen-bond acceptors (Lipinski definition) is 8. The molecule has 2 unspecified atom stereocenters. The third-order valence-electron chi connectivity index (χ3n) is 5.34. The van der Waals surface area contributed by atoms with Gasteiger partial charge in [-0.2, -0.15) is 0 Å². The fourth-order valence-corrected chi connectivity index (χ4v) is 5.10. The summed E-state index contributed by atoms with van der Waals surface area (Å²) in [7, 11) is -1.36. The van der Waals surface area contributed by atoms with Gasteiger partial charge in [-0.3, -0.25) is 4.79 Å². The van der Waals surface area contributed by atoms with Gasteiger partial charge in [-0.15, -0.1) is 0 Å². The van der Waals surface area contributed by atoms with Crippen molar-refractivity contribution in [3.8, 4) is 5.75 Å². The van der Waals surface area contributed by atoms with E-state index < -0.39 is 32.4 Å². The molecule has 3 N–H and O–H groups in total. The summed E-state index contributed by atoms with van der Waals surface area (Å²) in [6, 6.07) is 5.95. The number of hydrogen-bond donors (Lipinski definition) is 3. The number of aromatic hydroxyl groups is 1. The molecule has 2 atom stereocenters. The molecule has 31 heavy (non-hydrogen) atoms. The highest BCUT2D eigenvalue weighted by Gasteiger charge is 2.52. The van der Waals surface area contributed by atoms with Gasteiger partial charge < -0.3 is 24.9 Å². The molecule has 9 nitrogen and oxygen atoms in total. The predicted molar refractivity (Wildman–Crippen MR) is 113 cm³/mol. The highest BCUT2D eigenvalue weighted by atomic mass is 35.5. The van der Waals surface area contributed by atoms with E-state index >= 15 is 0 Å². The largest absolute Gasteiger partial charge is 0.504 e. The molecule has 1 fully saturated rings. The van der Waals surface area contributed by atoms with Crippen molar-refractivity contribution in [3.05, 3.63) is 52.7 Å². The van der Waals surface area contributed by atoms with Crippen molar-refractivity contribution in [2.45, 2.75) is 36.5 Å². The lowest BCUT2D eigenvalue weighted by Crippen LogP contribution is -2.59. The summed E-state index contributed by atoms with van der Waals surface area (Å²) < 4.78 is 37.6. The van der Waals surface area contributed by atoms with E-state index in [0.29, 0.717) is 11.5 Å². The summed E-state index contributed by atoms with van der Waals surface area (Å²) in [4.78, 5) is 12.3. The minimum absolute atomic E-state index is 0.0281. The SMILES string of the molecule is CN(C)S(=O)(=O)c1c(Cl)ccc(NC2=C3NC(c4ccco4)C(C)(C)OC3C2=O)c1O. The number of furan rings is 1. The second-order valence-electron chi connectivity index (χ2n) is 8.03. The summed E-state index contributed by atoms with van der Waals surface area (Å²) in [5.74, 6) is -0.256. The van der Waals surface area contributed by atoms with E-state index in [4.69, 9.17) is 20.8 Å². The van der Waals surface area contributed by atoms with Gasteiger partial charge in [-0.25, -0.2) is 12.7 Å². The van der Waals surface area contributed by atoms with Gasteiger partial charge >= 0.3 is 0 Å². The number of halogens is 1. The summed E-state index contributed by atoms with van der Waals surface area (Å²) >= 11 is 6.05. The van der Waals surface area contributed by atoms with Crippen LogP contribution in [0.1, 0.15) is 25.6 Å². The lowest BCUT2D eigenvalue weighted by atomic mass is 9.85. The van der Waals surface area contributed by atoms with Crippen LogP contribution < -0.4 is 10.6 Å². The number of morpholine rings is 1. The van der Waals surface area contributed by atoms with Crippen LogP contribution in [0.3, 0.4) is 0 Å². The molecule has 1 aromatic heterocycles. The first-order valence-corrected chi connectivity index (χ1v) is 11.2. The first-order valence-electron chi connectivity index (χ1n) is 9.42. The Bertz CT molecular complexity index is 1190. The van der Waals surface area contributed by atoms with Crippen LogP contribution in [0.4, 0.5) is 5.69 Å². The molecule has 0 spiro atoms. The lowest BCUT2D eigenvalue weighted by Gasteiger charge is -2.48. The number of carbonyl (C=O) groups excluding carboxylic acids is 1. The molecule has 166 valence electrons. The maximum Gasteiger partial charge on any atom is 0.247 e. The van der Waals surface area contributed by atoms with Crippen molar-refractivity contribution >= 4 is 33.1 Å². The number of rotatable bonds is 5. The number of phenolic OH excluding ortho intramolecular Hbond substituents is 1. The van der Waals surface area contributed by atoms with Crippen LogP contribution in [0.25, 0.3) is 0 Å². The van der Waals surface area contributed by atoms with E-state index in [1.54, 1.807) is 18.4 Å². The van der Waals surface area contributed by atoms with Gasteiger partial charge in [0.15, 0.2) is 11.9 Å². The van der Waals surface area contributed by atoms with Gasteiger partial charge in [0.2, 0.25) is 15.8 Å². The third kappa shape index (κ3) is 3.39. The van der Waals surface area contributed by atoms with E-state index in [-0.39, 0.29) is 28.2 Å². The molecular formula is C20H22ClN3O6S. The predicted octanol–water partition coefficient (Wildman–Crippen LogP) is 2.60. The second kappa shape index (κ2) is 7.27. The van der Waals surface area contributed by atoms with Gasteiger partial charge in [0.1, 0.15) is 22.4 Å². The summed E-state index contributed by atoms with van der Waals surface area (Å²) in [6.07, 6.45) is 0.764. The Hall–Kier alpha value is -2.53. The van der Waals surface area contributed by atoms with Crippen LogP contribution in [0, 0.1) is 0 Å². The average Bonchev–Trinajstić information content (AvgIpc) is 3.21. The first kappa shape index (κ1) is 21.7. The molecule has 2 heterocycles. The van der Waals surface area contributed by atoms with Crippen molar-refractivity contribution in [2.24, 2.45) is 0 Å². The van der Waals surface area contributed by atoms with Crippen molar-refractivity contribution in [1.82, 2.24) is 9.62 Å². The zero-order valence-electron chi connectivity index (χ0n) is 17.3. The molecular weight excluding hydrogens is 446 g/mol. The normalized spacial score (nSPS) is 22.7. The van der Waals surface area contributed by atoms with Crippen LogP contribution in [0.2, 0.25) is 5.02 Å². The second-order valence-corrected chi connectivity index (χ2v) is 10.5. The molecule has 1 saturated heterocycles. The van der Waals surface area contributed by atoms with Crippen molar-refractivity contribution in [1.29, 1.82) is 0 Å². The van der Waals surface area contributed by atoms with Gasteiger partial charge in [0.25, 0.3) is 0 Å². The molecule has 1 aliphatic heterocycles. The standard InChI is InChI=1S/C20H22ClN3O6S/c1-20(2)19(12-6-5-9-29-12)23-14-13(16(26)17(14)30-20)22-11-8-7-10(21)18(15(11)25)31(27,28)24(3)4/h5-9,17,19,22-23,25H,1-4H3. The fourth-order valence-electron chi connectivity index (χ4n) is 3.62. The Balaban J connectivity index is 1.71. The number of sulfonamides is 1. The molecule has 0 radical (unpaired) electrons. The lowest BCUT2D eigenvalue weighted by molar-refractivity contribution is -0.152. The molecule has 2 aromatic rings. The number of ether oxygens (including phenoxy) is 1. The Morgan fingerprint density at radius 2 is 1.97 bits per heavy atom. The molecule has 1 aromatic carbocycles. The number of anilines is 1. The van der Waals surface area contributed by atoms with Crippen LogP contribution in [0.15, 0.2) is 51.2 Å². The van der Waals surface area contributed by atoms with E-state index in [1.165, 1.54) is 26.2 Å². The Morgan fingerprint density at radius 3 is 2.58 bits per heavy atom. The number of ketones is 1. The highest BCUT2D eigenvalue weighted by molar-refractivity contribution is 7.89. The molecule has 0 bridgehead atoms. The van der Waals surface area contributed by atoms with E-state index in [1.807, 2.05) is 13.8 Å². The zero-order valence-corrected chi connectivity index (χ0v) is 18.8. The molecule has 2 aliphatic rings. The van der Waals surface area contributed by atoms with E-state index in [2.05, 4.69) is 10.6 Å².